The van der Waals surface area contributed by atoms with Gasteiger partial charge in [-0.2, -0.15) is 5.26 Å². The van der Waals surface area contributed by atoms with Crippen LogP contribution in [0.1, 0.15) is 35.1 Å². The molecule has 1 amide bonds. The zero-order valence-corrected chi connectivity index (χ0v) is 15.6. The van der Waals surface area contributed by atoms with Crippen LogP contribution in [0.4, 0.5) is 5.69 Å². The molecule has 1 aliphatic rings. The van der Waals surface area contributed by atoms with Gasteiger partial charge in [0.2, 0.25) is 11.8 Å². The van der Waals surface area contributed by atoms with E-state index in [-0.39, 0.29) is 0 Å². The number of hydrogen-bond donors (Lipinski definition) is 1. The Morgan fingerprint density at radius 3 is 2.59 bits per heavy atom. The minimum Gasteiger partial charge on any atom is -0.496 e. The molecule has 0 spiro atoms. The van der Waals surface area contributed by atoms with Crippen LogP contribution in [0.5, 0.6) is 11.6 Å². The molecule has 7 heteroatoms. The maximum absolute atomic E-state index is 12.4. The minimum atomic E-state index is -0.683. The molecule has 1 aromatic carbocycles. The molecule has 138 valence electrons. The fraction of sp³-hybridized carbons (Fsp3) is 0.300. The molecule has 2 heterocycles. The molecule has 2 aromatic rings. The van der Waals surface area contributed by atoms with Gasteiger partial charge in [0, 0.05) is 29.0 Å². The van der Waals surface area contributed by atoms with Crippen molar-refractivity contribution >= 4 is 17.3 Å². The second-order valence-electron chi connectivity index (χ2n) is 6.39. The lowest BCUT2D eigenvalue weighted by atomic mass is 9.75. The summed E-state index contributed by atoms with van der Waals surface area (Å²) in [6.45, 7) is 3.69. The van der Waals surface area contributed by atoms with Gasteiger partial charge in [0.15, 0.2) is 0 Å². The number of nitrogens with two attached hydrogens (primary N) is 1. The van der Waals surface area contributed by atoms with Gasteiger partial charge in [-0.25, -0.2) is 4.98 Å². The number of amides is 1. The highest BCUT2D eigenvalue weighted by Crippen LogP contribution is 2.49. The van der Waals surface area contributed by atoms with Crippen molar-refractivity contribution in [2.24, 2.45) is 16.6 Å². The van der Waals surface area contributed by atoms with Gasteiger partial charge in [-0.3, -0.25) is 9.79 Å². The fourth-order valence-corrected chi connectivity index (χ4v) is 3.59. The number of fused-ring (bicyclic) bond motifs is 1. The predicted octanol–water partition coefficient (Wildman–Crippen LogP) is 2.62. The van der Waals surface area contributed by atoms with E-state index in [1.54, 1.807) is 31.3 Å². The first-order chi connectivity index (χ1) is 12.9. The highest BCUT2D eigenvalue weighted by molar-refractivity contribution is 6.06. The summed E-state index contributed by atoms with van der Waals surface area (Å²) in [7, 11) is 3.05. The van der Waals surface area contributed by atoms with E-state index in [0.717, 1.165) is 11.1 Å². The van der Waals surface area contributed by atoms with Crippen LogP contribution in [-0.2, 0) is 4.79 Å². The number of aryl methyl sites for hydroxylation is 1. The molecular weight excluding hydrogens is 344 g/mol. The SMILES string of the molecule is COc1cc(C#N)ccc1C1c2c(OC)ncc(C)c2N=C(C)C1C(N)=O. The van der Waals surface area contributed by atoms with Crippen molar-refractivity contribution in [3.05, 3.63) is 46.6 Å². The first-order valence-electron chi connectivity index (χ1n) is 8.38. The molecule has 2 unspecified atom stereocenters. The number of aliphatic imine (C=N–C) groups is 1. The number of pyridine rings is 1. The van der Waals surface area contributed by atoms with Gasteiger partial charge >= 0.3 is 0 Å². The summed E-state index contributed by atoms with van der Waals surface area (Å²) in [6, 6.07) is 7.20. The molecule has 0 aliphatic carbocycles. The van der Waals surface area contributed by atoms with Gasteiger partial charge in [-0.05, 0) is 31.5 Å². The van der Waals surface area contributed by atoms with Gasteiger partial charge in [0.05, 0.1) is 37.5 Å². The highest BCUT2D eigenvalue weighted by Gasteiger charge is 2.40. The lowest BCUT2D eigenvalue weighted by Crippen LogP contribution is -2.37. The summed E-state index contributed by atoms with van der Waals surface area (Å²) in [5.41, 5.74) is 9.82. The van der Waals surface area contributed by atoms with Crippen LogP contribution in [0.15, 0.2) is 29.4 Å². The normalized spacial score (nSPS) is 18.1. The Labute approximate surface area is 157 Å². The lowest BCUT2D eigenvalue weighted by molar-refractivity contribution is -0.120. The monoisotopic (exact) mass is 364 g/mol. The number of aromatic nitrogens is 1. The number of nitrogens with zero attached hydrogens (tertiary/aromatic N) is 3. The summed E-state index contributed by atoms with van der Waals surface area (Å²) in [6.07, 6.45) is 1.69. The second-order valence-corrected chi connectivity index (χ2v) is 6.39. The summed E-state index contributed by atoms with van der Waals surface area (Å²) < 4.78 is 11.0. The Morgan fingerprint density at radius 1 is 1.26 bits per heavy atom. The maximum Gasteiger partial charge on any atom is 0.227 e. The van der Waals surface area contributed by atoms with E-state index in [4.69, 9.17) is 15.2 Å². The largest absolute Gasteiger partial charge is 0.496 e. The summed E-state index contributed by atoms with van der Waals surface area (Å²) >= 11 is 0. The Balaban J connectivity index is 2.37. The number of rotatable bonds is 4. The molecule has 2 N–H and O–H groups in total. The first kappa shape index (κ1) is 18.4. The maximum atomic E-state index is 12.4. The van der Waals surface area contributed by atoms with Crippen LogP contribution in [0.2, 0.25) is 0 Å². The molecule has 27 heavy (non-hydrogen) atoms. The van der Waals surface area contributed by atoms with Gasteiger partial charge in [0.25, 0.3) is 0 Å². The van der Waals surface area contributed by atoms with E-state index in [1.807, 2.05) is 6.92 Å². The average molecular weight is 364 g/mol. The number of primary amides is 1. The van der Waals surface area contributed by atoms with Crippen molar-refractivity contribution in [3.63, 3.8) is 0 Å². The molecular formula is C20H20N4O3. The molecule has 0 radical (unpaired) electrons. The van der Waals surface area contributed by atoms with E-state index in [1.165, 1.54) is 14.2 Å². The molecule has 1 aromatic heterocycles. The smallest absolute Gasteiger partial charge is 0.227 e. The van der Waals surface area contributed by atoms with E-state index in [0.29, 0.717) is 34.2 Å². The van der Waals surface area contributed by atoms with Crippen LogP contribution in [-0.4, -0.2) is 30.8 Å². The Morgan fingerprint density at radius 2 is 2.00 bits per heavy atom. The molecule has 3 rings (SSSR count). The lowest BCUT2D eigenvalue weighted by Gasteiger charge is -2.32. The molecule has 1 aliphatic heterocycles. The zero-order chi connectivity index (χ0) is 19.7. The third-order valence-electron chi connectivity index (χ3n) is 4.81. The molecule has 0 fully saturated rings. The van der Waals surface area contributed by atoms with Crippen LogP contribution in [0, 0.1) is 24.2 Å². The second kappa shape index (κ2) is 7.08. The van der Waals surface area contributed by atoms with Gasteiger partial charge in [-0.15, -0.1) is 0 Å². The van der Waals surface area contributed by atoms with E-state index in [2.05, 4.69) is 16.0 Å². The minimum absolute atomic E-state index is 0.384. The van der Waals surface area contributed by atoms with Gasteiger partial charge in [0.1, 0.15) is 5.75 Å². The molecule has 0 saturated carbocycles. The standard InChI is InChI=1S/C20H20N4O3/c1-10-9-23-20(27-4)17-16(15(19(22)25)11(2)24-18(10)17)13-6-5-12(8-21)7-14(13)26-3/h5-7,9,15-16H,1-4H3,(H2,22,25). The van der Waals surface area contributed by atoms with E-state index in [9.17, 15) is 10.1 Å². The van der Waals surface area contributed by atoms with Crippen LogP contribution >= 0.6 is 0 Å². The van der Waals surface area contributed by atoms with Gasteiger partial charge < -0.3 is 15.2 Å². The topological polar surface area (TPSA) is 111 Å². The summed E-state index contributed by atoms with van der Waals surface area (Å²) in [4.78, 5) is 21.3. The third-order valence-corrected chi connectivity index (χ3v) is 4.81. The Hall–Kier alpha value is -3.40. The summed E-state index contributed by atoms with van der Waals surface area (Å²) in [5.74, 6) is -0.789. The fourth-order valence-electron chi connectivity index (χ4n) is 3.59. The number of ether oxygens (including phenoxy) is 2. The van der Waals surface area contributed by atoms with Crippen LogP contribution in [0.25, 0.3) is 0 Å². The van der Waals surface area contributed by atoms with Crippen molar-refractivity contribution in [2.75, 3.05) is 14.2 Å². The van der Waals surface area contributed by atoms with Crippen molar-refractivity contribution in [1.29, 1.82) is 5.26 Å². The van der Waals surface area contributed by atoms with Crippen molar-refractivity contribution in [2.45, 2.75) is 19.8 Å². The molecule has 0 bridgehead atoms. The number of methoxy groups -OCH3 is 2. The van der Waals surface area contributed by atoms with Gasteiger partial charge in [-0.1, -0.05) is 6.07 Å². The third kappa shape index (κ3) is 2.99. The van der Waals surface area contributed by atoms with Crippen LogP contribution in [0.3, 0.4) is 0 Å². The highest BCUT2D eigenvalue weighted by atomic mass is 16.5. The Kier molecular flexibility index (Phi) is 4.82. The van der Waals surface area contributed by atoms with E-state index >= 15 is 0 Å². The first-order valence-corrected chi connectivity index (χ1v) is 8.38. The number of carbonyl (C=O) groups excluding carboxylic acids is 1. The van der Waals surface area contributed by atoms with Crippen molar-refractivity contribution < 1.29 is 14.3 Å². The zero-order valence-electron chi connectivity index (χ0n) is 15.6. The number of benzene rings is 1. The predicted molar refractivity (Wildman–Crippen MR) is 101 cm³/mol. The number of hydrogen-bond acceptors (Lipinski definition) is 6. The summed E-state index contributed by atoms with van der Waals surface area (Å²) in [5, 5.41) is 9.19. The van der Waals surface area contributed by atoms with Crippen LogP contribution < -0.4 is 15.2 Å². The van der Waals surface area contributed by atoms with E-state index < -0.39 is 17.7 Å². The molecule has 0 saturated heterocycles. The van der Waals surface area contributed by atoms with Crippen molar-refractivity contribution in [1.82, 2.24) is 4.98 Å². The molecule has 7 nitrogen and oxygen atoms in total. The molecule has 2 atom stereocenters. The quantitative estimate of drug-likeness (QED) is 0.896. The number of nitriles is 1. The van der Waals surface area contributed by atoms with Crippen molar-refractivity contribution in [3.8, 4) is 17.7 Å². The number of carbonyl (C=O) groups is 1. The Bertz CT molecular complexity index is 991. The average Bonchev–Trinajstić information content (AvgIpc) is 2.67.